The van der Waals surface area contributed by atoms with E-state index in [1.54, 1.807) is 12.1 Å². The molecule has 1 aromatic carbocycles. The van der Waals surface area contributed by atoms with Crippen LogP contribution < -0.4 is 5.73 Å². The summed E-state index contributed by atoms with van der Waals surface area (Å²) in [5.74, 6) is -0.400. The molecule has 1 amide bonds. The van der Waals surface area contributed by atoms with E-state index in [1.165, 1.54) is 0 Å². The first-order valence-corrected chi connectivity index (χ1v) is 6.15. The maximum atomic E-state index is 10.9. The van der Waals surface area contributed by atoms with Gasteiger partial charge in [-0.25, -0.2) is 0 Å². The molecule has 4 heteroatoms. The summed E-state index contributed by atoms with van der Waals surface area (Å²) < 4.78 is 0. The molecule has 0 saturated heterocycles. The van der Waals surface area contributed by atoms with Crippen molar-refractivity contribution in [1.29, 1.82) is 0 Å². The minimum Gasteiger partial charge on any atom is -0.366 e. The number of amides is 1. The van der Waals surface area contributed by atoms with Crippen molar-refractivity contribution in [3.05, 3.63) is 35.4 Å². The monoisotopic (exact) mass is 250 g/mol. The second-order valence-electron chi connectivity index (χ2n) is 3.80. The summed E-state index contributed by atoms with van der Waals surface area (Å²) in [7, 11) is 0. The standard InChI is InChI=1S/C13H18N2OS/c1-3-15(4-2)12(17)9-10-5-7-11(8-6-10)13(14)16/h5-8H,3-4,9H2,1-2H3,(H2,14,16). The quantitative estimate of drug-likeness (QED) is 0.813. The molecule has 0 bridgehead atoms. The highest BCUT2D eigenvalue weighted by Crippen LogP contribution is 2.07. The third-order valence-corrected chi connectivity index (χ3v) is 3.11. The van der Waals surface area contributed by atoms with Gasteiger partial charge < -0.3 is 10.6 Å². The molecule has 0 fully saturated rings. The van der Waals surface area contributed by atoms with E-state index in [-0.39, 0.29) is 0 Å². The molecule has 0 aliphatic carbocycles. The molecule has 1 rings (SSSR count). The molecule has 0 atom stereocenters. The fourth-order valence-electron chi connectivity index (χ4n) is 1.65. The van der Waals surface area contributed by atoms with E-state index in [0.29, 0.717) is 5.56 Å². The van der Waals surface area contributed by atoms with Crippen LogP contribution in [0.15, 0.2) is 24.3 Å². The molecule has 3 nitrogen and oxygen atoms in total. The Hall–Kier alpha value is -1.42. The van der Waals surface area contributed by atoms with Gasteiger partial charge in [-0.2, -0.15) is 0 Å². The van der Waals surface area contributed by atoms with E-state index in [4.69, 9.17) is 18.0 Å². The zero-order valence-electron chi connectivity index (χ0n) is 10.3. The number of carbonyl (C=O) groups is 1. The SMILES string of the molecule is CCN(CC)C(=S)Cc1ccc(C(N)=O)cc1. The molecule has 2 N–H and O–H groups in total. The summed E-state index contributed by atoms with van der Waals surface area (Å²) in [4.78, 5) is 14.0. The molecule has 0 heterocycles. The third-order valence-electron chi connectivity index (χ3n) is 2.71. The number of hydrogen-bond acceptors (Lipinski definition) is 2. The van der Waals surface area contributed by atoms with Gasteiger partial charge in [0.05, 0.1) is 4.99 Å². The number of primary amides is 1. The van der Waals surface area contributed by atoms with E-state index < -0.39 is 5.91 Å². The van der Waals surface area contributed by atoms with Crippen LogP contribution in [0.1, 0.15) is 29.8 Å². The number of nitrogens with zero attached hydrogens (tertiary/aromatic N) is 1. The highest BCUT2D eigenvalue weighted by atomic mass is 32.1. The molecule has 1 aromatic rings. The molecular weight excluding hydrogens is 232 g/mol. The van der Waals surface area contributed by atoms with Crippen LogP contribution in [0.2, 0.25) is 0 Å². The fourth-order valence-corrected chi connectivity index (χ4v) is 2.07. The van der Waals surface area contributed by atoms with Crippen LogP contribution in [-0.4, -0.2) is 28.9 Å². The lowest BCUT2D eigenvalue weighted by atomic mass is 10.1. The van der Waals surface area contributed by atoms with Gasteiger partial charge in [-0.05, 0) is 31.5 Å². The Morgan fingerprint density at radius 3 is 2.18 bits per heavy atom. The molecule has 0 aliphatic heterocycles. The lowest BCUT2D eigenvalue weighted by molar-refractivity contribution is 0.100. The van der Waals surface area contributed by atoms with E-state index in [1.807, 2.05) is 12.1 Å². The molecular formula is C13H18N2OS. The zero-order valence-corrected chi connectivity index (χ0v) is 11.1. The molecule has 0 aromatic heterocycles. The molecule has 0 radical (unpaired) electrons. The highest BCUT2D eigenvalue weighted by Gasteiger charge is 2.06. The van der Waals surface area contributed by atoms with Gasteiger partial charge in [-0.3, -0.25) is 4.79 Å². The number of thiocarbonyl (C=S) groups is 1. The molecule has 92 valence electrons. The fraction of sp³-hybridized carbons (Fsp3) is 0.385. The summed E-state index contributed by atoms with van der Waals surface area (Å²) in [6.07, 6.45) is 0.732. The molecule has 0 aliphatic rings. The first-order chi connectivity index (χ1) is 8.08. The second kappa shape index (κ2) is 6.35. The second-order valence-corrected chi connectivity index (χ2v) is 4.28. The topological polar surface area (TPSA) is 46.3 Å². The van der Waals surface area contributed by atoms with Gasteiger partial charge >= 0.3 is 0 Å². The van der Waals surface area contributed by atoms with Gasteiger partial charge in [0.15, 0.2) is 0 Å². The van der Waals surface area contributed by atoms with E-state index in [0.717, 1.165) is 30.1 Å². The summed E-state index contributed by atoms with van der Waals surface area (Å²) in [6, 6.07) is 7.27. The number of rotatable bonds is 5. The maximum absolute atomic E-state index is 10.9. The lowest BCUT2D eigenvalue weighted by Crippen LogP contribution is -2.30. The molecule has 0 spiro atoms. The van der Waals surface area contributed by atoms with Crippen LogP contribution in [0, 0.1) is 0 Å². The van der Waals surface area contributed by atoms with Crippen molar-refractivity contribution in [1.82, 2.24) is 4.90 Å². The molecule has 0 unspecified atom stereocenters. The average Bonchev–Trinajstić information content (AvgIpc) is 2.31. The van der Waals surface area contributed by atoms with E-state index >= 15 is 0 Å². The van der Waals surface area contributed by atoms with Crippen molar-refractivity contribution in [2.24, 2.45) is 5.73 Å². The lowest BCUT2D eigenvalue weighted by Gasteiger charge is -2.21. The third kappa shape index (κ3) is 3.82. The summed E-state index contributed by atoms with van der Waals surface area (Å²) in [5.41, 5.74) is 6.82. The summed E-state index contributed by atoms with van der Waals surface area (Å²) in [5, 5.41) is 0. The van der Waals surface area contributed by atoms with Crippen LogP contribution in [0.5, 0.6) is 0 Å². The van der Waals surface area contributed by atoms with Crippen LogP contribution in [0.4, 0.5) is 0 Å². The van der Waals surface area contributed by atoms with Crippen molar-refractivity contribution in [2.45, 2.75) is 20.3 Å². The van der Waals surface area contributed by atoms with Crippen molar-refractivity contribution < 1.29 is 4.79 Å². The predicted molar refractivity (Wildman–Crippen MR) is 74.2 cm³/mol. The Labute approximate surface area is 108 Å². The molecule has 17 heavy (non-hydrogen) atoms. The van der Waals surface area contributed by atoms with Crippen LogP contribution >= 0.6 is 12.2 Å². The number of hydrogen-bond donors (Lipinski definition) is 1. The van der Waals surface area contributed by atoms with Crippen LogP contribution in [-0.2, 0) is 6.42 Å². The van der Waals surface area contributed by atoms with Crippen LogP contribution in [0.25, 0.3) is 0 Å². The van der Waals surface area contributed by atoms with Gasteiger partial charge in [0, 0.05) is 25.1 Å². The van der Waals surface area contributed by atoms with Crippen molar-refractivity contribution >= 4 is 23.1 Å². The number of carbonyl (C=O) groups excluding carboxylic acids is 1. The Morgan fingerprint density at radius 1 is 1.24 bits per heavy atom. The Balaban J connectivity index is 2.69. The van der Waals surface area contributed by atoms with E-state index in [2.05, 4.69) is 18.7 Å². The van der Waals surface area contributed by atoms with Gasteiger partial charge in [0.2, 0.25) is 5.91 Å². The van der Waals surface area contributed by atoms with Crippen molar-refractivity contribution in [3.8, 4) is 0 Å². The highest BCUT2D eigenvalue weighted by molar-refractivity contribution is 7.80. The smallest absolute Gasteiger partial charge is 0.248 e. The average molecular weight is 250 g/mol. The van der Waals surface area contributed by atoms with Gasteiger partial charge in [0.25, 0.3) is 0 Å². The van der Waals surface area contributed by atoms with Gasteiger partial charge in [-0.1, -0.05) is 24.4 Å². The van der Waals surface area contributed by atoms with Crippen molar-refractivity contribution in [3.63, 3.8) is 0 Å². The van der Waals surface area contributed by atoms with E-state index in [9.17, 15) is 4.79 Å². The largest absolute Gasteiger partial charge is 0.366 e. The van der Waals surface area contributed by atoms with Crippen LogP contribution in [0.3, 0.4) is 0 Å². The normalized spacial score (nSPS) is 10.0. The zero-order chi connectivity index (χ0) is 12.8. The number of nitrogens with two attached hydrogens (primary N) is 1. The Kier molecular flexibility index (Phi) is 5.10. The minimum absolute atomic E-state index is 0.400. The first-order valence-electron chi connectivity index (χ1n) is 5.75. The summed E-state index contributed by atoms with van der Waals surface area (Å²) >= 11 is 5.37. The van der Waals surface area contributed by atoms with Gasteiger partial charge in [-0.15, -0.1) is 0 Å². The van der Waals surface area contributed by atoms with Crippen molar-refractivity contribution in [2.75, 3.05) is 13.1 Å². The minimum atomic E-state index is -0.400. The first kappa shape index (κ1) is 13.6. The molecule has 0 saturated carbocycles. The predicted octanol–water partition coefficient (Wildman–Crippen LogP) is 2.00. The Morgan fingerprint density at radius 2 is 1.76 bits per heavy atom. The van der Waals surface area contributed by atoms with Gasteiger partial charge in [0.1, 0.15) is 0 Å². The summed E-state index contributed by atoms with van der Waals surface area (Å²) in [6.45, 7) is 6.03. The Bertz CT molecular complexity index is 396. The number of benzene rings is 1. The number of likely N-dealkylation sites (N-methyl/N-ethyl adjacent to an activating group) is 1. The maximum Gasteiger partial charge on any atom is 0.248 e.